The molecule has 2 fully saturated rings. The summed E-state index contributed by atoms with van der Waals surface area (Å²) in [5.74, 6) is 0.507. The second-order valence-electron chi connectivity index (χ2n) is 5.39. The maximum Gasteiger partial charge on any atom is 0.241 e. The van der Waals surface area contributed by atoms with Gasteiger partial charge in [-0.1, -0.05) is 18.0 Å². The van der Waals surface area contributed by atoms with Crippen LogP contribution in [0.4, 0.5) is 10.1 Å². The van der Waals surface area contributed by atoms with E-state index in [2.05, 4.69) is 10.6 Å². The van der Waals surface area contributed by atoms with Gasteiger partial charge in [0.05, 0.1) is 6.04 Å². The topological polar surface area (TPSA) is 41.1 Å². The van der Waals surface area contributed by atoms with Crippen molar-refractivity contribution < 1.29 is 9.18 Å². The molecule has 1 aromatic carbocycles. The molecule has 3 rings (SSSR count). The molecule has 1 amide bonds. The monoisotopic (exact) mass is 282 g/mol. The van der Waals surface area contributed by atoms with Crippen LogP contribution in [-0.4, -0.2) is 18.5 Å². The number of amides is 1. The molecule has 0 spiro atoms. The van der Waals surface area contributed by atoms with E-state index in [9.17, 15) is 9.18 Å². The van der Waals surface area contributed by atoms with Crippen LogP contribution in [0.5, 0.6) is 0 Å². The predicted molar refractivity (Wildman–Crippen MR) is 72.7 cm³/mol. The fourth-order valence-corrected chi connectivity index (χ4v) is 3.54. The zero-order valence-electron chi connectivity index (χ0n) is 10.5. The number of benzene rings is 1. The van der Waals surface area contributed by atoms with Crippen molar-refractivity contribution in [3.05, 3.63) is 29.0 Å². The summed E-state index contributed by atoms with van der Waals surface area (Å²) in [6.45, 7) is 0.909. The van der Waals surface area contributed by atoms with Crippen molar-refractivity contribution >= 4 is 23.2 Å². The molecule has 0 radical (unpaired) electrons. The number of rotatable bonds is 2. The van der Waals surface area contributed by atoms with Gasteiger partial charge in [0, 0.05) is 10.7 Å². The van der Waals surface area contributed by atoms with E-state index in [-0.39, 0.29) is 17.0 Å². The number of hydrogen-bond donors (Lipinski definition) is 2. The Balaban J connectivity index is 1.71. The van der Waals surface area contributed by atoms with Crippen LogP contribution in [0.15, 0.2) is 18.2 Å². The van der Waals surface area contributed by atoms with E-state index in [4.69, 9.17) is 11.6 Å². The number of carbonyl (C=O) groups is 1. The molecule has 1 aliphatic heterocycles. The molecule has 0 aromatic heterocycles. The lowest BCUT2D eigenvalue weighted by molar-refractivity contribution is -0.118. The van der Waals surface area contributed by atoms with E-state index in [1.54, 1.807) is 6.07 Å². The Kier molecular flexibility index (Phi) is 3.46. The van der Waals surface area contributed by atoms with Crippen molar-refractivity contribution in [1.29, 1.82) is 0 Å². The Bertz CT molecular complexity index is 488. The van der Waals surface area contributed by atoms with E-state index >= 15 is 0 Å². The Morgan fingerprint density at radius 2 is 2.21 bits per heavy atom. The van der Waals surface area contributed by atoms with Gasteiger partial charge >= 0.3 is 0 Å². The third-order valence-electron chi connectivity index (χ3n) is 4.16. The predicted octanol–water partition coefficient (Wildman–Crippen LogP) is 2.81. The number of fused-ring (bicyclic) bond motifs is 1. The molecular formula is C14H16ClFN2O. The fraction of sp³-hybridized carbons (Fsp3) is 0.500. The lowest BCUT2D eigenvalue weighted by Gasteiger charge is -2.17. The van der Waals surface area contributed by atoms with Crippen LogP contribution in [0.2, 0.25) is 5.02 Å². The number of carbonyl (C=O) groups excluding carboxylic acids is 1. The summed E-state index contributed by atoms with van der Waals surface area (Å²) >= 11 is 5.78. The zero-order valence-corrected chi connectivity index (χ0v) is 11.2. The van der Waals surface area contributed by atoms with Gasteiger partial charge in [0.2, 0.25) is 5.91 Å². The van der Waals surface area contributed by atoms with E-state index < -0.39 is 5.82 Å². The van der Waals surface area contributed by atoms with Crippen LogP contribution >= 0.6 is 11.6 Å². The maximum atomic E-state index is 13.2. The molecule has 2 N–H and O–H groups in total. The fourth-order valence-electron chi connectivity index (χ4n) is 3.32. The minimum absolute atomic E-state index is 0.0870. The van der Waals surface area contributed by atoms with Crippen molar-refractivity contribution in [1.82, 2.24) is 5.32 Å². The van der Waals surface area contributed by atoms with Crippen molar-refractivity contribution in [2.45, 2.75) is 25.3 Å². The average Bonchev–Trinajstić information content (AvgIpc) is 2.87. The van der Waals surface area contributed by atoms with Gasteiger partial charge in [-0.3, -0.25) is 4.79 Å². The van der Waals surface area contributed by atoms with Crippen molar-refractivity contribution in [2.75, 3.05) is 11.9 Å². The molecule has 1 saturated carbocycles. The minimum Gasteiger partial charge on any atom is -0.325 e. The van der Waals surface area contributed by atoms with E-state index in [0.29, 0.717) is 17.5 Å². The van der Waals surface area contributed by atoms with Gasteiger partial charge in [-0.05, 0) is 49.4 Å². The first-order valence-electron chi connectivity index (χ1n) is 6.64. The molecule has 102 valence electrons. The van der Waals surface area contributed by atoms with Gasteiger partial charge in [-0.15, -0.1) is 0 Å². The molecule has 3 nitrogen and oxygen atoms in total. The molecule has 1 heterocycles. The van der Waals surface area contributed by atoms with E-state index in [0.717, 1.165) is 13.0 Å². The van der Waals surface area contributed by atoms with Crippen LogP contribution in [0, 0.1) is 17.7 Å². The zero-order chi connectivity index (χ0) is 13.4. The van der Waals surface area contributed by atoms with Gasteiger partial charge in [0.25, 0.3) is 0 Å². The summed E-state index contributed by atoms with van der Waals surface area (Å²) in [4.78, 5) is 12.2. The summed E-state index contributed by atoms with van der Waals surface area (Å²) in [7, 11) is 0. The number of halogens is 2. The molecule has 1 aromatic rings. The molecule has 5 heteroatoms. The summed E-state index contributed by atoms with van der Waals surface area (Å²) in [6.07, 6.45) is 3.50. The first-order chi connectivity index (χ1) is 9.13. The molecule has 0 bridgehead atoms. The molecule has 1 saturated heterocycles. The van der Waals surface area contributed by atoms with Crippen molar-refractivity contribution in [3.8, 4) is 0 Å². The minimum atomic E-state index is -0.444. The molecular weight excluding hydrogens is 267 g/mol. The number of nitrogens with one attached hydrogen (secondary N) is 2. The van der Waals surface area contributed by atoms with Crippen LogP contribution in [0.3, 0.4) is 0 Å². The summed E-state index contributed by atoms with van der Waals surface area (Å²) in [6, 6.07) is 3.90. The Labute approximate surface area is 116 Å². The van der Waals surface area contributed by atoms with Gasteiger partial charge < -0.3 is 10.6 Å². The summed E-state index contributed by atoms with van der Waals surface area (Å²) in [5, 5.41) is 6.31. The highest BCUT2D eigenvalue weighted by Crippen LogP contribution is 2.38. The highest BCUT2D eigenvalue weighted by molar-refractivity contribution is 6.30. The third kappa shape index (κ3) is 2.60. The summed E-state index contributed by atoms with van der Waals surface area (Å²) < 4.78 is 13.2. The smallest absolute Gasteiger partial charge is 0.241 e. The van der Waals surface area contributed by atoms with E-state index in [1.165, 1.54) is 25.0 Å². The third-order valence-corrected chi connectivity index (χ3v) is 4.38. The van der Waals surface area contributed by atoms with Crippen molar-refractivity contribution in [3.63, 3.8) is 0 Å². The lowest BCUT2D eigenvalue weighted by atomic mass is 9.93. The second-order valence-corrected chi connectivity index (χ2v) is 5.82. The van der Waals surface area contributed by atoms with Crippen LogP contribution in [0.1, 0.15) is 19.3 Å². The first-order valence-corrected chi connectivity index (χ1v) is 7.01. The molecule has 2 aliphatic rings. The average molecular weight is 283 g/mol. The Morgan fingerprint density at radius 3 is 3.00 bits per heavy atom. The quantitative estimate of drug-likeness (QED) is 0.876. The van der Waals surface area contributed by atoms with Gasteiger partial charge in [-0.25, -0.2) is 4.39 Å². The molecule has 3 unspecified atom stereocenters. The van der Waals surface area contributed by atoms with Crippen LogP contribution in [0.25, 0.3) is 0 Å². The number of hydrogen-bond acceptors (Lipinski definition) is 2. The van der Waals surface area contributed by atoms with E-state index in [1.807, 2.05) is 0 Å². The SMILES string of the molecule is O=C(Nc1cc(F)cc(Cl)c1)C1NCC2CCCC21. The van der Waals surface area contributed by atoms with Gasteiger partial charge in [-0.2, -0.15) is 0 Å². The molecule has 3 atom stereocenters. The van der Waals surface area contributed by atoms with Crippen molar-refractivity contribution in [2.24, 2.45) is 11.8 Å². The normalized spacial score (nSPS) is 29.3. The first kappa shape index (κ1) is 12.9. The summed E-state index contributed by atoms with van der Waals surface area (Å²) in [5.41, 5.74) is 0.415. The van der Waals surface area contributed by atoms with Gasteiger partial charge in [0.1, 0.15) is 5.82 Å². The van der Waals surface area contributed by atoms with Crippen LogP contribution in [-0.2, 0) is 4.79 Å². The highest BCUT2D eigenvalue weighted by atomic mass is 35.5. The largest absolute Gasteiger partial charge is 0.325 e. The van der Waals surface area contributed by atoms with Crippen LogP contribution < -0.4 is 10.6 Å². The Hall–Kier alpha value is -1.13. The number of anilines is 1. The molecule has 1 aliphatic carbocycles. The second kappa shape index (κ2) is 5.10. The van der Waals surface area contributed by atoms with Gasteiger partial charge in [0.15, 0.2) is 0 Å². The Morgan fingerprint density at radius 1 is 1.37 bits per heavy atom. The highest BCUT2D eigenvalue weighted by Gasteiger charge is 2.42. The maximum absolute atomic E-state index is 13.2. The lowest BCUT2D eigenvalue weighted by Crippen LogP contribution is -2.39. The standard InChI is InChI=1S/C14H16ClFN2O/c15-9-4-10(16)6-11(5-9)18-14(19)13-12-3-1-2-8(12)7-17-13/h4-6,8,12-13,17H,1-3,7H2,(H,18,19). The molecule has 19 heavy (non-hydrogen) atoms.